The van der Waals surface area contributed by atoms with Crippen molar-refractivity contribution in [3.05, 3.63) is 33.8 Å². The first-order chi connectivity index (χ1) is 11.3. The van der Waals surface area contributed by atoms with Crippen LogP contribution in [0.25, 0.3) is 0 Å². The largest absolute Gasteiger partial charge is 0.346 e. The molecule has 8 heteroatoms. The number of nitrogens with two attached hydrogens (primary N) is 1. The molecule has 0 spiro atoms. The number of nitrogens with zero attached hydrogens (tertiary/aromatic N) is 1. The van der Waals surface area contributed by atoms with Crippen LogP contribution >= 0.6 is 35.6 Å². The molecule has 0 radical (unpaired) electrons. The van der Waals surface area contributed by atoms with Crippen molar-refractivity contribution in [1.29, 1.82) is 0 Å². The van der Waals surface area contributed by atoms with E-state index < -0.39 is 6.04 Å². The molecule has 2 atom stereocenters. The summed E-state index contributed by atoms with van der Waals surface area (Å²) >= 11 is 12.0. The van der Waals surface area contributed by atoms with Crippen LogP contribution < -0.4 is 11.1 Å². The van der Waals surface area contributed by atoms with Gasteiger partial charge in [0.25, 0.3) is 0 Å². The number of carbonyl (C=O) groups excluding carboxylic acids is 2. The summed E-state index contributed by atoms with van der Waals surface area (Å²) in [6.07, 6.45) is 1.78. The monoisotopic (exact) mass is 407 g/mol. The predicted octanol–water partition coefficient (Wildman–Crippen LogP) is 3.18. The van der Waals surface area contributed by atoms with Crippen LogP contribution in [0.2, 0.25) is 10.0 Å². The fourth-order valence-electron chi connectivity index (χ4n) is 2.82. The summed E-state index contributed by atoms with van der Waals surface area (Å²) in [7, 11) is 0. The molecule has 1 aromatic carbocycles. The zero-order valence-corrected chi connectivity index (χ0v) is 16.6. The van der Waals surface area contributed by atoms with E-state index in [1.165, 1.54) is 0 Å². The topological polar surface area (TPSA) is 75.4 Å². The molecule has 1 aliphatic heterocycles. The van der Waals surface area contributed by atoms with Gasteiger partial charge in [-0.25, -0.2) is 0 Å². The molecule has 2 amide bonds. The van der Waals surface area contributed by atoms with Crippen molar-refractivity contribution in [3.63, 3.8) is 0 Å². The van der Waals surface area contributed by atoms with Crippen LogP contribution in [0.5, 0.6) is 0 Å². The Labute approximate surface area is 164 Å². The fourth-order valence-corrected chi connectivity index (χ4v) is 3.12. The normalized spacial score (nSPS) is 18.0. The second-order valence-electron chi connectivity index (χ2n) is 6.41. The maximum absolute atomic E-state index is 12.5. The Morgan fingerprint density at radius 2 is 2.00 bits per heavy atom. The Balaban J connectivity index is 0.00000312. The van der Waals surface area contributed by atoms with E-state index in [1.54, 1.807) is 17.0 Å². The second kappa shape index (κ2) is 9.62. The van der Waals surface area contributed by atoms with Crippen molar-refractivity contribution in [3.8, 4) is 0 Å². The van der Waals surface area contributed by atoms with Crippen molar-refractivity contribution < 1.29 is 9.59 Å². The summed E-state index contributed by atoms with van der Waals surface area (Å²) in [6, 6.07) is 4.78. The van der Waals surface area contributed by atoms with Gasteiger partial charge < -0.3 is 16.0 Å². The number of amides is 2. The maximum Gasteiger partial charge on any atom is 0.242 e. The smallest absolute Gasteiger partial charge is 0.242 e. The lowest BCUT2D eigenvalue weighted by Crippen LogP contribution is -2.47. The van der Waals surface area contributed by atoms with Crippen LogP contribution in [0.3, 0.4) is 0 Å². The molecule has 1 aliphatic rings. The molecule has 0 aliphatic carbocycles. The van der Waals surface area contributed by atoms with Crippen LogP contribution in [0, 0.1) is 5.92 Å². The molecule has 5 nitrogen and oxygen atoms in total. The third-order valence-corrected chi connectivity index (χ3v) is 5.08. The van der Waals surface area contributed by atoms with Gasteiger partial charge in [0, 0.05) is 6.54 Å². The van der Waals surface area contributed by atoms with E-state index in [0.29, 0.717) is 16.6 Å². The molecule has 1 heterocycles. The summed E-state index contributed by atoms with van der Waals surface area (Å²) < 4.78 is 0. The lowest BCUT2D eigenvalue weighted by atomic mass is 10.0. The zero-order valence-electron chi connectivity index (χ0n) is 14.3. The number of hydrogen-bond donors (Lipinski definition) is 2. The summed E-state index contributed by atoms with van der Waals surface area (Å²) in [5.41, 5.74) is 6.74. The van der Waals surface area contributed by atoms with Crippen molar-refractivity contribution >= 4 is 47.4 Å². The number of carbonyl (C=O) groups is 2. The Kier molecular flexibility index (Phi) is 8.48. The minimum Gasteiger partial charge on any atom is -0.346 e. The van der Waals surface area contributed by atoms with Gasteiger partial charge in [0.15, 0.2) is 0 Å². The molecular formula is C17H24Cl3N3O2. The predicted molar refractivity (Wildman–Crippen MR) is 103 cm³/mol. The molecule has 3 N–H and O–H groups in total. The second-order valence-corrected chi connectivity index (χ2v) is 7.22. The van der Waals surface area contributed by atoms with Gasteiger partial charge in [-0.1, -0.05) is 43.1 Å². The van der Waals surface area contributed by atoms with Crippen molar-refractivity contribution in [1.82, 2.24) is 10.2 Å². The van der Waals surface area contributed by atoms with Gasteiger partial charge in [0.05, 0.1) is 28.7 Å². The average Bonchev–Trinajstić information content (AvgIpc) is 3.03. The van der Waals surface area contributed by atoms with Gasteiger partial charge in [-0.15, -0.1) is 12.4 Å². The SMILES string of the molecule is CC(C)[C@H](N)C(=O)NCC(=O)N1CCCC1c1ccc(Cl)c(Cl)c1.Cl. The molecule has 25 heavy (non-hydrogen) atoms. The van der Waals surface area contributed by atoms with E-state index in [-0.39, 0.29) is 42.7 Å². The average molecular weight is 409 g/mol. The highest BCUT2D eigenvalue weighted by molar-refractivity contribution is 6.42. The first-order valence-electron chi connectivity index (χ1n) is 8.09. The molecule has 0 aromatic heterocycles. The van der Waals surface area contributed by atoms with E-state index in [1.807, 2.05) is 19.9 Å². The van der Waals surface area contributed by atoms with Crippen LogP contribution in [-0.4, -0.2) is 35.8 Å². The van der Waals surface area contributed by atoms with E-state index in [2.05, 4.69) is 5.32 Å². The van der Waals surface area contributed by atoms with Crippen LogP contribution in [0.15, 0.2) is 18.2 Å². The Hall–Kier alpha value is -1.01. The molecule has 1 unspecified atom stereocenters. The molecule has 0 bridgehead atoms. The maximum atomic E-state index is 12.5. The lowest BCUT2D eigenvalue weighted by Gasteiger charge is -2.26. The van der Waals surface area contributed by atoms with Gasteiger partial charge >= 0.3 is 0 Å². The first kappa shape index (κ1) is 22.0. The quantitative estimate of drug-likeness (QED) is 0.785. The lowest BCUT2D eigenvalue weighted by molar-refractivity contribution is -0.134. The minimum absolute atomic E-state index is 0. The van der Waals surface area contributed by atoms with Gasteiger partial charge in [-0.05, 0) is 36.5 Å². The molecule has 140 valence electrons. The number of benzene rings is 1. The van der Waals surface area contributed by atoms with Crippen LogP contribution in [0.4, 0.5) is 0 Å². The van der Waals surface area contributed by atoms with Gasteiger partial charge in [-0.2, -0.15) is 0 Å². The van der Waals surface area contributed by atoms with Crippen LogP contribution in [0.1, 0.15) is 38.3 Å². The number of halogens is 3. The molecule has 0 saturated carbocycles. The molecule has 1 fully saturated rings. The molecule has 1 aromatic rings. The summed E-state index contributed by atoms with van der Waals surface area (Å²) in [5, 5.41) is 3.60. The Bertz CT molecular complexity index is 625. The van der Waals surface area contributed by atoms with Gasteiger partial charge in [0.1, 0.15) is 0 Å². The van der Waals surface area contributed by atoms with E-state index in [4.69, 9.17) is 28.9 Å². The number of nitrogens with one attached hydrogen (secondary N) is 1. The third-order valence-electron chi connectivity index (χ3n) is 4.34. The van der Waals surface area contributed by atoms with E-state index in [0.717, 1.165) is 18.4 Å². The van der Waals surface area contributed by atoms with Crippen molar-refractivity contribution in [2.75, 3.05) is 13.1 Å². The van der Waals surface area contributed by atoms with Gasteiger partial charge in [0.2, 0.25) is 11.8 Å². The Morgan fingerprint density at radius 1 is 1.32 bits per heavy atom. The zero-order chi connectivity index (χ0) is 17.9. The summed E-state index contributed by atoms with van der Waals surface area (Å²) in [5.74, 6) is -0.396. The highest BCUT2D eigenvalue weighted by Crippen LogP contribution is 2.34. The van der Waals surface area contributed by atoms with E-state index >= 15 is 0 Å². The first-order valence-corrected chi connectivity index (χ1v) is 8.84. The number of hydrogen-bond acceptors (Lipinski definition) is 3. The highest BCUT2D eigenvalue weighted by atomic mass is 35.5. The Morgan fingerprint density at radius 3 is 2.60 bits per heavy atom. The standard InChI is InChI=1S/C17H23Cl2N3O2.ClH/c1-10(2)16(20)17(24)21-9-15(23)22-7-3-4-14(22)11-5-6-12(18)13(19)8-11;/h5-6,8,10,14,16H,3-4,7,9,20H2,1-2H3,(H,21,24);1H/t14?,16-;/m0./s1. The minimum atomic E-state index is -0.609. The number of likely N-dealkylation sites (tertiary alicyclic amines) is 1. The fraction of sp³-hybridized carbons (Fsp3) is 0.529. The molecule has 2 rings (SSSR count). The molecular weight excluding hydrogens is 385 g/mol. The van der Waals surface area contributed by atoms with Crippen LogP contribution in [-0.2, 0) is 9.59 Å². The van der Waals surface area contributed by atoms with Gasteiger partial charge in [-0.3, -0.25) is 9.59 Å². The number of rotatable bonds is 5. The van der Waals surface area contributed by atoms with Crippen molar-refractivity contribution in [2.24, 2.45) is 11.7 Å². The van der Waals surface area contributed by atoms with Crippen molar-refractivity contribution in [2.45, 2.75) is 38.8 Å². The molecule has 1 saturated heterocycles. The summed E-state index contributed by atoms with van der Waals surface area (Å²) in [4.78, 5) is 26.2. The van der Waals surface area contributed by atoms with E-state index in [9.17, 15) is 9.59 Å². The summed E-state index contributed by atoms with van der Waals surface area (Å²) in [6.45, 7) is 4.35. The highest BCUT2D eigenvalue weighted by Gasteiger charge is 2.30. The third kappa shape index (κ3) is 5.48.